The third-order valence-corrected chi connectivity index (χ3v) is 5.31. The first-order chi connectivity index (χ1) is 10.0. The van der Waals surface area contributed by atoms with Gasteiger partial charge < -0.3 is 14.4 Å². The van der Waals surface area contributed by atoms with Crippen LogP contribution < -0.4 is 4.90 Å². The lowest BCUT2D eigenvalue weighted by molar-refractivity contribution is -0.145. The molecule has 0 radical (unpaired) electrons. The minimum Gasteiger partial charge on any atom is -0.465 e. The fourth-order valence-electron chi connectivity index (χ4n) is 3.01. The lowest BCUT2D eigenvalue weighted by Crippen LogP contribution is -2.53. The predicted octanol–water partition coefficient (Wildman–Crippen LogP) is 2.35. The summed E-state index contributed by atoms with van der Waals surface area (Å²) < 4.78 is 10.7. The van der Waals surface area contributed by atoms with Crippen molar-refractivity contribution in [2.45, 2.75) is 45.1 Å². The maximum absolute atomic E-state index is 12.0. The van der Waals surface area contributed by atoms with Crippen LogP contribution in [0.2, 0.25) is 0 Å². The zero-order valence-electron chi connectivity index (χ0n) is 12.8. The van der Waals surface area contributed by atoms with E-state index in [1.54, 1.807) is 11.3 Å². The fourth-order valence-corrected chi connectivity index (χ4v) is 4.34. The lowest BCUT2D eigenvalue weighted by Gasteiger charge is -2.42. The number of hydrogen-bond acceptors (Lipinski definition) is 6. The van der Waals surface area contributed by atoms with Crippen molar-refractivity contribution in [1.82, 2.24) is 4.98 Å². The number of morpholine rings is 1. The molecule has 2 heterocycles. The van der Waals surface area contributed by atoms with Crippen LogP contribution in [0.25, 0.3) is 0 Å². The van der Waals surface area contributed by atoms with Gasteiger partial charge in [0.25, 0.3) is 0 Å². The molecule has 116 valence electrons. The van der Waals surface area contributed by atoms with E-state index in [4.69, 9.17) is 14.5 Å². The first kappa shape index (κ1) is 14.8. The van der Waals surface area contributed by atoms with Crippen LogP contribution in [0.3, 0.4) is 0 Å². The van der Waals surface area contributed by atoms with Crippen LogP contribution in [0.4, 0.5) is 5.13 Å². The van der Waals surface area contributed by atoms with Crippen molar-refractivity contribution in [2.75, 3.05) is 31.3 Å². The van der Waals surface area contributed by atoms with E-state index in [9.17, 15) is 4.79 Å². The molecule has 1 aliphatic heterocycles. The Balaban J connectivity index is 1.84. The first-order valence-corrected chi connectivity index (χ1v) is 8.36. The van der Waals surface area contributed by atoms with Crippen molar-refractivity contribution in [3.8, 4) is 0 Å². The molecule has 0 bridgehead atoms. The van der Waals surface area contributed by atoms with E-state index in [2.05, 4.69) is 18.7 Å². The largest absolute Gasteiger partial charge is 0.465 e. The number of anilines is 1. The number of carbonyl (C=O) groups is 1. The van der Waals surface area contributed by atoms with E-state index in [1.165, 1.54) is 4.88 Å². The first-order valence-electron chi connectivity index (χ1n) is 7.54. The average molecular weight is 310 g/mol. The van der Waals surface area contributed by atoms with Crippen LogP contribution in [-0.4, -0.2) is 42.9 Å². The quantitative estimate of drug-likeness (QED) is 0.802. The highest BCUT2D eigenvalue weighted by Crippen LogP contribution is 2.41. The summed E-state index contributed by atoms with van der Waals surface area (Å²) >= 11 is 1.72. The standard InChI is InChI=1S/C15H22N2O3S/c1-4-20-13(18)10-5-6-11-12(10)16-14(21-11)17-7-8-19-9-15(17,2)3/h10H,4-9H2,1-3H3. The normalized spacial score (nSPS) is 24.0. The second-order valence-corrected chi connectivity index (χ2v) is 7.23. The van der Waals surface area contributed by atoms with E-state index in [-0.39, 0.29) is 17.4 Å². The van der Waals surface area contributed by atoms with E-state index >= 15 is 0 Å². The summed E-state index contributed by atoms with van der Waals surface area (Å²) in [5.41, 5.74) is 0.888. The smallest absolute Gasteiger partial charge is 0.315 e. The number of aryl methyl sites for hydroxylation is 1. The van der Waals surface area contributed by atoms with Crippen LogP contribution in [0.15, 0.2) is 0 Å². The zero-order chi connectivity index (χ0) is 15.0. The summed E-state index contributed by atoms with van der Waals surface area (Å²) in [4.78, 5) is 20.4. The summed E-state index contributed by atoms with van der Waals surface area (Å²) in [6.45, 7) is 8.90. The Bertz CT molecular complexity index is 541. The molecule has 6 heteroatoms. The number of aromatic nitrogens is 1. The van der Waals surface area contributed by atoms with Crippen LogP contribution >= 0.6 is 11.3 Å². The number of nitrogens with zero attached hydrogens (tertiary/aromatic N) is 2. The Hall–Kier alpha value is -1.14. The molecule has 0 spiro atoms. The van der Waals surface area contributed by atoms with Gasteiger partial charge in [-0.25, -0.2) is 4.98 Å². The van der Waals surface area contributed by atoms with Crippen LogP contribution in [0.5, 0.6) is 0 Å². The summed E-state index contributed by atoms with van der Waals surface area (Å²) in [5, 5.41) is 1.02. The van der Waals surface area contributed by atoms with Crippen molar-refractivity contribution >= 4 is 22.4 Å². The molecule has 1 fully saturated rings. The van der Waals surface area contributed by atoms with Crippen molar-refractivity contribution < 1.29 is 14.3 Å². The highest BCUT2D eigenvalue weighted by Gasteiger charge is 2.37. The highest BCUT2D eigenvalue weighted by molar-refractivity contribution is 7.15. The summed E-state index contributed by atoms with van der Waals surface area (Å²) in [6, 6.07) is 0. The second-order valence-electron chi connectivity index (χ2n) is 6.16. The Morgan fingerprint density at radius 3 is 3.10 bits per heavy atom. The molecule has 2 aliphatic rings. The Labute approximate surface area is 129 Å². The van der Waals surface area contributed by atoms with Gasteiger partial charge in [0.2, 0.25) is 0 Å². The van der Waals surface area contributed by atoms with Gasteiger partial charge >= 0.3 is 5.97 Å². The number of ether oxygens (including phenoxy) is 2. The predicted molar refractivity (Wildman–Crippen MR) is 82.1 cm³/mol. The number of carbonyl (C=O) groups excluding carboxylic acids is 1. The molecule has 1 aromatic heterocycles. The molecule has 0 aromatic carbocycles. The highest BCUT2D eigenvalue weighted by atomic mass is 32.1. The van der Waals surface area contributed by atoms with E-state index < -0.39 is 0 Å². The number of fused-ring (bicyclic) bond motifs is 1. The van der Waals surface area contributed by atoms with E-state index in [0.717, 1.165) is 36.8 Å². The Morgan fingerprint density at radius 1 is 1.57 bits per heavy atom. The number of rotatable bonds is 3. The molecule has 0 N–H and O–H groups in total. The van der Waals surface area contributed by atoms with Crippen LogP contribution in [0.1, 0.15) is 43.7 Å². The fraction of sp³-hybridized carbons (Fsp3) is 0.733. The SMILES string of the molecule is CCOC(=O)C1CCc2sc(N3CCOCC3(C)C)nc21. The number of thiazole rings is 1. The van der Waals surface area contributed by atoms with Crippen molar-refractivity contribution in [2.24, 2.45) is 0 Å². The molecule has 1 unspecified atom stereocenters. The third-order valence-electron chi connectivity index (χ3n) is 4.15. The van der Waals surface area contributed by atoms with Crippen molar-refractivity contribution in [3.63, 3.8) is 0 Å². The molecule has 1 saturated heterocycles. The van der Waals surface area contributed by atoms with Gasteiger partial charge in [-0.2, -0.15) is 0 Å². The van der Waals surface area contributed by atoms with Crippen molar-refractivity contribution in [3.05, 3.63) is 10.6 Å². The molecular weight excluding hydrogens is 288 g/mol. The number of hydrogen-bond donors (Lipinski definition) is 0. The summed E-state index contributed by atoms with van der Waals surface area (Å²) in [6.07, 6.45) is 1.76. The van der Waals surface area contributed by atoms with Crippen LogP contribution in [0, 0.1) is 0 Å². The van der Waals surface area contributed by atoms with Gasteiger partial charge in [-0.3, -0.25) is 4.79 Å². The van der Waals surface area contributed by atoms with Gasteiger partial charge in [-0.05, 0) is 33.6 Å². The third kappa shape index (κ3) is 2.66. The maximum atomic E-state index is 12.0. The van der Waals surface area contributed by atoms with Crippen molar-refractivity contribution in [1.29, 1.82) is 0 Å². The topological polar surface area (TPSA) is 51.7 Å². The van der Waals surface area contributed by atoms with Gasteiger partial charge in [0.15, 0.2) is 5.13 Å². The lowest BCUT2D eigenvalue weighted by atomic mass is 10.0. The van der Waals surface area contributed by atoms with Gasteiger partial charge in [-0.15, -0.1) is 11.3 Å². The van der Waals surface area contributed by atoms with Gasteiger partial charge in [-0.1, -0.05) is 0 Å². The summed E-state index contributed by atoms with van der Waals surface area (Å²) in [7, 11) is 0. The molecule has 0 saturated carbocycles. The molecule has 3 rings (SSSR count). The van der Waals surface area contributed by atoms with Crippen LogP contribution in [-0.2, 0) is 20.7 Å². The van der Waals surface area contributed by atoms with E-state index in [1.807, 2.05) is 6.92 Å². The minimum absolute atomic E-state index is 0.0523. The minimum atomic E-state index is -0.172. The van der Waals surface area contributed by atoms with E-state index in [0.29, 0.717) is 13.2 Å². The van der Waals surface area contributed by atoms with Gasteiger partial charge in [0.05, 0.1) is 31.1 Å². The molecule has 21 heavy (non-hydrogen) atoms. The Kier molecular flexibility index (Phi) is 3.92. The average Bonchev–Trinajstić information content (AvgIpc) is 2.97. The maximum Gasteiger partial charge on any atom is 0.315 e. The molecule has 1 atom stereocenters. The molecule has 5 nitrogen and oxygen atoms in total. The second kappa shape index (κ2) is 5.57. The monoisotopic (exact) mass is 310 g/mol. The molecule has 0 amide bonds. The zero-order valence-corrected chi connectivity index (χ0v) is 13.7. The molecule has 1 aromatic rings. The van der Waals surface area contributed by atoms with Gasteiger partial charge in [0.1, 0.15) is 5.92 Å². The molecular formula is C15H22N2O3S. The number of esters is 1. The Morgan fingerprint density at radius 2 is 2.38 bits per heavy atom. The van der Waals surface area contributed by atoms with Gasteiger partial charge in [0, 0.05) is 11.4 Å². The summed E-state index contributed by atoms with van der Waals surface area (Å²) in [5.74, 6) is -0.302. The molecule has 1 aliphatic carbocycles.